The molecule has 8 heteroatoms. The predicted octanol–water partition coefficient (Wildman–Crippen LogP) is 10.6. The van der Waals surface area contributed by atoms with Gasteiger partial charge in [0, 0.05) is 11.1 Å². The van der Waals surface area contributed by atoms with E-state index in [0.717, 1.165) is 22.7 Å². The van der Waals surface area contributed by atoms with Crippen LogP contribution in [0.3, 0.4) is 0 Å². The SMILES string of the molecule is C/C=C(\N=C(C)S/C=C(\C)CC)c1ccccc1NC(=O)c1cccc(OC(P)P)c1.CC.CC.CCCNCCC. The molecule has 0 spiro atoms. The summed E-state index contributed by atoms with van der Waals surface area (Å²) in [5.41, 5.74) is 4.12. The van der Waals surface area contributed by atoms with Gasteiger partial charge in [-0.15, -0.1) is 0 Å². The molecule has 2 rings (SSSR count). The number of nitrogens with zero attached hydrogens (tertiary/aromatic N) is 1. The molecule has 0 radical (unpaired) electrons. The quantitative estimate of drug-likeness (QED) is 0.106. The van der Waals surface area contributed by atoms with Crippen LogP contribution < -0.4 is 15.4 Å². The molecule has 0 fully saturated rings. The molecule has 2 atom stereocenters. The van der Waals surface area contributed by atoms with Crippen LogP contribution in [0.5, 0.6) is 5.75 Å². The molecule has 2 N–H and O–H groups in total. The maximum Gasteiger partial charge on any atom is 0.255 e. The summed E-state index contributed by atoms with van der Waals surface area (Å²) in [6, 6.07) is 14.8. The number of allylic oxidation sites excluding steroid dienone is 2. The molecular formula is C34H57N3O2P2S. The summed E-state index contributed by atoms with van der Waals surface area (Å²) in [5, 5.41) is 9.37. The van der Waals surface area contributed by atoms with Gasteiger partial charge in [-0.25, -0.2) is 4.99 Å². The zero-order valence-electron chi connectivity index (χ0n) is 27.7. The highest BCUT2D eigenvalue weighted by Gasteiger charge is 2.12. The number of hydrogen-bond acceptors (Lipinski definition) is 5. The minimum Gasteiger partial charge on any atom is -0.483 e. The molecule has 0 aliphatic rings. The van der Waals surface area contributed by atoms with E-state index in [-0.39, 0.29) is 11.5 Å². The summed E-state index contributed by atoms with van der Waals surface area (Å²) >= 11 is 1.61. The Morgan fingerprint density at radius 1 is 0.976 bits per heavy atom. The van der Waals surface area contributed by atoms with Crippen LogP contribution >= 0.6 is 30.2 Å². The Bertz CT molecular complexity index is 1080. The summed E-state index contributed by atoms with van der Waals surface area (Å²) in [6.45, 7) is 22.9. The van der Waals surface area contributed by atoms with Gasteiger partial charge >= 0.3 is 0 Å². The predicted molar refractivity (Wildman–Crippen MR) is 199 cm³/mol. The third-order valence-corrected chi connectivity index (χ3v) is 6.44. The molecular weight excluding hydrogens is 576 g/mol. The number of para-hydroxylation sites is 1. The zero-order chi connectivity index (χ0) is 32.3. The Kier molecular flexibility index (Phi) is 27.9. The van der Waals surface area contributed by atoms with Gasteiger partial charge in [0.1, 0.15) is 11.3 Å². The Morgan fingerprint density at radius 3 is 2.14 bits per heavy atom. The fourth-order valence-corrected chi connectivity index (χ4v) is 4.11. The molecule has 0 aliphatic carbocycles. The number of ether oxygens (including phenoxy) is 1. The van der Waals surface area contributed by atoms with Gasteiger partial charge in [0.2, 0.25) is 0 Å². The first-order chi connectivity index (χ1) is 20.2. The molecule has 0 aromatic heterocycles. The van der Waals surface area contributed by atoms with Crippen LogP contribution in [-0.4, -0.2) is 29.6 Å². The van der Waals surface area contributed by atoms with Crippen LogP contribution in [0.2, 0.25) is 0 Å². The van der Waals surface area contributed by atoms with Crippen molar-refractivity contribution in [1.29, 1.82) is 0 Å². The number of benzene rings is 2. The second-order valence-corrected chi connectivity index (χ2v) is 11.7. The van der Waals surface area contributed by atoms with Crippen molar-refractivity contribution in [3.63, 3.8) is 0 Å². The van der Waals surface area contributed by atoms with Crippen LogP contribution in [0.25, 0.3) is 5.70 Å². The molecule has 0 bridgehead atoms. The second kappa shape index (κ2) is 27.8. The number of rotatable bonds is 12. The van der Waals surface area contributed by atoms with Crippen LogP contribution in [0.15, 0.2) is 70.6 Å². The van der Waals surface area contributed by atoms with Gasteiger partial charge in [-0.2, -0.15) is 0 Å². The molecule has 0 heterocycles. The number of carbonyl (C=O) groups excluding carboxylic acids is 1. The topological polar surface area (TPSA) is 62.7 Å². The van der Waals surface area contributed by atoms with Gasteiger partial charge in [0.15, 0.2) is 0 Å². The fraction of sp³-hybridized carbons (Fsp3) is 0.471. The summed E-state index contributed by atoms with van der Waals surface area (Å²) in [7, 11) is 5.09. The summed E-state index contributed by atoms with van der Waals surface area (Å²) in [6.07, 6.45) is 5.48. The lowest BCUT2D eigenvalue weighted by atomic mass is 10.1. The zero-order valence-corrected chi connectivity index (χ0v) is 30.8. The van der Waals surface area contributed by atoms with Crippen LogP contribution in [0.4, 0.5) is 5.69 Å². The van der Waals surface area contributed by atoms with E-state index < -0.39 is 0 Å². The number of aliphatic imine (C=N–C) groups is 1. The molecule has 0 saturated carbocycles. The van der Waals surface area contributed by atoms with Crippen molar-refractivity contribution in [2.75, 3.05) is 18.4 Å². The van der Waals surface area contributed by atoms with E-state index >= 15 is 0 Å². The van der Waals surface area contributed by atoms with Crippen molar-refractivity contribution >= 4 is 52.6 Å². The number of nitrogens with one attached hydrogen (secondary N) is 2. The molecule has 1 amide bonds. The first-order valence-corrected chi connectivity index (χ1v) is 17.4. The number of anilines is 1. The molecule has 236 valence electrons. The minimum atomic E-state index is -0.200. The second-order valence-electron chi connectivity index (χ2n) is 8.60. The molecule has 0 aliphatic heterocycles. The first kappa shape index (κ1) is 42.2. The number of amides is 1. The average Bonchev–Trinajstić information content (AvgIpc) is 3.01. The lowest BCUT2D eigenvalue weighted by molar-refractivity contribution is 0.102. The van der Waals surface area contributed by atoms with Crippen molar-refractivity contribution < 1.29 is 9.53 Å². The monoisotopic (exact) mass is 633 g/mol. The molecule has 2 unspecified atom stereocenters. The average molecular weight is 634 g/mol. The van der Waals surface area contributed by atoms with Crippen molar-refractivity contribution in [2.24, 2.45) is 4.99 Å². The summed E-state index contributed by atoms with van der Waals surface area (Å²) < 4.78 is 5.64. The van der Waals surface area contributed by atoms with Gasteiger partial charge in [-0.05, 0) is 82.8 Å². The van der Waals surface area contributed by atoms with Crippen molar-refractivity contribution in [3.8, 4) is 5.75 Å². The smallest absolute Gasteiger partial charge is 0.255 e. The van der Waals surface area contributed by atoms with Gasteiger partial charge in [0.25, 0.3) is 5.91 Å². The number of hydrogen-bond donors (Lipinski definition) is 2. The van der Waals surface area contributed by atoms with Crippen LogP contribution in [0.1, 0.15) is 104 Å². The summed E-state index contributed by atoms with van der Waals surface area (Å²) in [5.74, 6) is 0.437. The normalized spacial score (nSPS) is 11.3. The van der Waals surface area contributed by atoms with Crippen LogP contribution in [-0.2, 0) is 0 Å². The largest absolute Gasteiger partial charge is 0.483 e. The van der Waals surface area contributed by atoms with Gasteiger partial charge in [0.05, 0.1) is 16.4 Å². The third-order valence-electron chi connectivity index (χ3n) is 5.21. The highest BCUT2D eigenvalue weighted by molar-refractivity contribution is 8.16. The minimum absolute atomic E-state index is 0.119. The molecule has 42 heavy (non-hydrogen) atoms. The van der Waals surface area contributed by atoms with Gasteiger partial charge in [-0.3, -0.25) is 4.79 Å². The molecule has 2 aromatic carbocycles. The Balaban J connectivity index is 0. The third kappa shape index (κ3) is 19.3. The number of carbonyl (C=O) groups is 1. The van der Waals surface area contributed by atoms with Gasteiger partial charge < -0.3 is 15.4 Å². The standard InChI is InChI=1S/C24H30N2O2P2S.C6H15N.2C2H6/c1-5-16(3)15-31-17(4)25-21(6-2)20-12-7-8-13-22(20)26-23(27)18-10-9-11-19(14-18)28-24(29)30;1-3-5-7-6-4-2;2*1-2/h6-15,24H,5,29-30H2,1-4H3,(H,26,27);7H,3-6H2,1-2H3;2*1-2H3/b16-15+,21-6-,25-17?;;;. The van der Waals surface area contributed by atoms with Gasteiger partial charge in [-0.1, -0.05) is 115 Å². The highest BCUT2D eigenvalue weighted by Crippen LogP contribution is 2.27. The van der Waals surface area contributed by atoms with E-state index in [1.807, 2.05) is 84.0 Å². The fourth-order valence-electron chi connectivity index (χ4n) is 3.10. The number of thioether (sulfide) groups is 1. The highest BCUT2D eigenvalue weighted by atomic mass is 32.2. The van der Waals surface area contributed by atoms with E-state index in [2.05, 4.69) is 62.2 Å². The van der Waals surface area contributed by atoms with E-state index in [9.17, 15) is 4.79 Å². The first-order valence-electron chi connectivity index (χ1n) is 15.2. The Hall–Kier alpha value is -1.97. The Morgan fingerprint density at radius 2 is 1.60 bits per heavy atom. The van der Waals surface area contributed by atoms with E-state index in [4.69, 9.17) is 9.73 Å². The lowest BCUT2D eigenvalue weighted by Gasteiger charge is -2.13. The molecule has 0 saturated heterocycles. The van der Waals surface area contributed by atoms with E-state index in [0.29, 0.717) is 17.0 Å². The molecule has 5 nitrogen and oxygen atoms in total. The van der Waals surface area contributed by atoms with Crippen molar-refractivity contribution in [3.05, 3.63) is 76.7 Å². The van der Waals surface area contributed by atoms with Crippen molar-refractivity contribution in [2.45, 2.75) is 94.1 Å². The van der Waals surface area contributed by atoms with Crippen LogP contribution in [0, 0.1) is 0 Å². The molecule has 2 aromatic rings. The lowest BCUT2D eigenvalue weighted by Crippen LogP contribution is -2.14. The Labute approximate surface area is 266 Å². The van der Waals surface area contributed by atoms with E-state index in [1.165, 1.54) is 31.5 Å². The van der Waals surface area contributed by atoms with E-state index in [1.54, 1.807) is 23.9 Å². The maximum atomic E-state index is 12.9. The van der Waals surface area contributed by atoms with Crippen molar-refractivity contribution in [1.82, 2.24) is 5.32 Å². The maximum absolute atomic E-state index is 12.9. The summed E-state index contributed by atoms with van der Waals surface area (Å²) in [4.78, 5) is 17.7.